The number of nitrogens with one attached hydrogen (secondary N) is 1. The predicted molar refractivity (Wildman–Crippen MR) is 103 cm³/mol. The van der Waals surface area contributed by atoms with Crippen molar-refractivity contribution in [1.29, 1.82) is 5.26 Å². The van der Waals surface area contributed by atoms with Crippen molar-refractivity contribution in [3.8, 4) is 33.9 Å². The van der Waals surface area contributed by atoms with Gasteiger partial charge in [-0.3, -0.25) is 10.1 Å². The molecule has 0 atom stereocenters. The number of furan rings is 2. The molecule has 0 unspecified atom stereocenters. The lowest BCUT2D eigenvalue weighted by molar-refractivity contribution is -0.118. The van der Waals surface area contributed by atoms with E-state index in [0.717, 1.165) is 4.88 Å². The van der Waals surface area contributed by atoms with Gasteiger partial charge < -0.3 is 13.6 Å². The average molecular weight is 391 g/mol. The van der Waals surface area contributed by atoms with Gasteiger partial charge in [0.1, 0.15) is 22.1 Å². The summed E-state index contributed by atoms with van der Waals surface area (Å²) in [5.41, 5.74) is 1.11. The van der Waals surface area contributed by atoms with E-state index in [0.29, 0.717) is 33.7 Å². The van der Waals surface area contributed by atoms with E-state index in [1.54, 1.807) is 55.0 Å². The molecule has 1 N–H and O–H groups in total. The summed E-state index contributed by atoms with van der Waals surface area (Å²) in [5.74, 6) is 1.37. The minimum absolute atomic E-state index is 0.183. The zero-order chi connectivity index (χ0) is 19.3. The van der Waals surface area contributed by atoms with Gasteiger partial charge in [-0.05, 0) is 48.5 Å². The second kappa shape index (κ2) is 7.82. The highest BCUT2D eigenvalue weighted by Gasteiger charge is 2.20. The van der Waals surface area contributed by atoms with Crippen LogP contribution in [0.3, 0.4) is 0 Å². The monoisotopic (exact) mass is 391 g/mol. The third-order valence-electron chi connectivity index (χ3n) is 3.73. The normalized spacial score (nSPS) is 10.4. The van der Waals surface area contributed by atoms with Crippen molar-refractivity contribution in [3.63, 3.8) is 0 Å². The lowest BCUT2D eigenvalue weighted by atomic mass is 10.2. The fourth-order valence-electron chi connectivity index (χ4n) is 2.46. The molecule has 28 heavy (non-hydrogen) atoms. The number of ether oxygens (including phenoxy) is 1. The Labute approximate surface area is 163 Å². The molecule has 8 heteroatoms. The van der Waals surface area contributed by atoms with Gasteiger partial charge in [-0.15, -0.1) is 0 Å². The van der Waals surface area contributed by atoms with Gasteiger partial charge in [0.05, 0.1) is 24.2 Å². The SMILES string of the molecule is N#Cc1ccc(OCC(=O)Nc2nc(-c3ccco3)c(-c3ccco3)s2)cc1. The first kappa shape index (κ1) is 17.6. The maximum absolute atomic E-state index is 12.2. The van der Waals surface area contributed by atoms with Crippen LogP contribution in [0.5, 0.6) is 5.75 Å². The molecule has 0 bridgehead atoms. The van der Waals surface area contributed by atoms with Gasteiger partial charge in [-0.1, -0.05) is 11.3 Å². The van der Waals surface area contributed by atoms with E-state index < -0.39 is 0 Å². The minimum Gasteiger partial charge on any atom is -0.484 e. The van der Waals surface area contributed by atoms with Gasteiger partial charge in [0, 0.05) is 0 Å². The number of thiazole rings is 1. The standard InChI is InChI=1S/C20H13N3O4S/c21-11-13-5-7-14(8-6-13)27-12-17(24)22-20-23-18(15-3-1-9-25-15)19(28-20)16-4-2-10-26-16/h1-10H,12H2,(H,22,23,24). The Morgan fingerprint density at radius 2 is 1.82 bits per heavy atom. The maximum Gasteiger partial charge on any atom is 0.264 e. The predicted octanol–water partition coefficient (Wildman–Crippen LogP) is 4.55. The molecule has 0 fully saturated rings. The molecule has 0 saturated carbocycles. The molecule has 3 heterocycles. The Hall–Kier alpha value is -3.83. The van der Waals surface area contributed by atoms with Crippen LogP contribution in [0.15, 0.2) is 69.9 Å². The van der Waals surface area contributed by atoms with E-state index in [-0.39, 0.29) is 12.5 Å². The van der Waals surface area contributed by atoms with Crippen molar-refractivity contribution in [1.82, 2.24) is 4.98 Å². The molecular weight excluding hydrogens is 378 g/mol. The summed E-state index contributed by atoms with van der Waals surface area (Å²) in [6.45, 7) is -0.183. The molecule has 0 aliphatic rings. The Kier molecular flexibility index (Phi) is 4.91. The number of anilines is 1. The quantitative estimate of drug-likeness (QED) is 0.517. The number of nitrogens with zero attached hydrogens (tertiary/aromatic N) is 2. The third kappa shape index (κ3) is 3.79. The number of hydrogen-bond donors (Lipinski definition) is 1. The molecule has 4 aromatic rings. The molecule has 0 aliphatic heterocycles. The Morgan fingerprint density at radius 1 is 1.11 bits per heavy atom. The molecule has 3 aromatic heterocycles. The van der Waals surface area contributed by atoms with Gasteiger partial charge in [-0.25, -0.2) is 4.98 Å². The van der Waals surface area contributed by atoms with Gasteiger partial charge in [0.15, 0.2) is 17.5 Å². The zero-order valence-electron chi connectivity index (χ0n) is 14.4. The molecule has 0 radical (unpaired) electrons. The Bertz CT molecular complexity index is 1060. The van der Waals surface area contributed by atoms with Crippen LogP contribution in [0, 0.1) is 11.3 Å². The fourth-order valence-corrected chi connectivity index (χ4v) is 3.41. The number of nitriles is 1. The van der Waals surface area contributed by atoms with Crippen LogP contribution in [-0.4, -0.2) is 17.5 Å². The van der Waals surface area contributed by atoms with Crippen molar-refractivity contribution >= 4 is 22.4 Å². The second-order valence-corrected chi connectivity index (χ2v) is 6.62. The molecule has 0 aliphatic carbocycles. The van der Waals surface area contributed by atoms with Gasteiger partial charge in [-0.2, -0.15) is 5.26 Å². The first-order valence-electron chi connectivity index (χ1n) is 8.24. The zero-order valence-corrected chi connectivity index (χ0v) is 15.2. The van der Waals surface area contributed by atoms with Crippen molar-refractivity contribution in [2.24, 2.45) is 0 Å². The number of hydrogen-bond acceptors (Lipinski definition) is 7. The number of aromatic nitrogens is 1. The largest absolute Gasteiger partial charge is 0.484 e. The van der Waals surface area contributed by atoms with E-state index in [4.69, 9.17) is 18.8 Å². The number of carbonyl (C=O) groups excluding carboxylic acids is 1. The van der Waals surface area contributed by atoms with Crippen molar-refractivity contribution < 1.29 is 18.4 Å². The van der Waals surface area contributed by atoms with E-state index in [1.165, 1.54) is 11.3 Å². The maximum atomic E-state index is 12.2. The van der Waals surface area contributed by atoms with Crippen LogP contribution in [0.1, 0.15) is 5.56 Å². The third-order valence-corrected chi connectivity index (χ3v) is 4.71. The van der Waals surface area contributed by atoms with E-state index in [9.17, 15) is 4.79 Å². The highest BCUT2D eigenvalue weighted by atomic mass is 32.1. The molecule has 7 nitrogen and oxygen atoms in total. The van der Waals surface area contributed by atoms with Crippen LogP contribution < -0.4 is 10.1 Å². The molecule has 1 amide bonds. The Balaban J connectivity index is 1.47. The van der Waals surface area contributed by atoms with E-state index in [1.807, 2.05) is 12.1 Å². The smallest absolute Gasteiger partial charge is 0.264 e. The summed E-state index contributed by atoms with van der Waals surface area (Å²) in [6.07, 6.45) is 3.13. The highest BCUT2D eigenvalue weighted by Crippen LogP contribution is 2.39. The molecule has 138 valence electrons. The van der Waals surface area contributed by atoms with Crippen LogP contribution in [0.25, 0.3) is 22.1 Å². The lowest BCUT2D eigenvalue weighted by Crippen LogP contribution is -2.20. The van der Waals surface area contributed by atoms with E-state index in [2.05, 4.69) is 10.3 Å². The van der Waals surface area contributed by atoms with Crippen molar-refractivity contribution in [3.05, 3.63) is 66.6 Å². The molecule has 0 spiro atoms. The van der Waals surface area contributed by atoms with Crippen molar-refractivity contribution in [2.45, 2.75) is 0 Å². The van der Waals surface area contributed by atoms with Crippen LogP contribution in [0.4, 0.5) is 5.13 Å². The first-order chi connectivity index (χ1) is 13.7. The number of amides is 1. The summed E-state index contributed by atoms with van der Waals surface area (Å²) in [7, 11) is 0. The van der Waals surface area contributed by atoms with Gasteiger partial charge in [0.2, 0.25) is 0 Å². The van der Waals surface area contributed by atoms with Crippen LogP contribution in [0.2, 0.25) is 0 Å². The summed E-state index contributed by atoms with van der Waals surface area (Å²) in [4.78, 5) is 17.5. The van der Waals surface area contributed by atoms with Crippen LogP contribution in [-0.2, 0) is 4.79 Å². The van der Waals surface area contributed by atoms with Crippen molar-refractivity contribution in [2.75, 3.05) is 11.9 Å². The summed E-state index contributed by atoms with van der Waals surface area (Å²) < 4.78 is 16.4. The lowest BCUT2D eigenvalue weighted by Gasteiger charge is -2.05. The molecular formula is C20H13N3O4S. The molecule has 1 aromatic carbocycles. The number of rotatable bonds is 6. The average Bonchev–Trinajstić information content (AvgIpc) is 3.47. The molecule has 4 rings (SSSR count). The summed E-state index contributed by atoms with van der Waals surface area (Å²) in [6, 6.07) is 15.7. The summed E-state index contributed by atoms with van der Waals surface area (Å²) in [5, 5.41) is 11.9. The second-order valence-electron chi connectivity index (χ2n) is 5.62. The fraction of sp³-hybridized carbons (Fsp3) is 0.0500. The topological polar surface area (TPSA) is 101 Å². The highest BCUT2D eigenvalue weighted by molar-refractivity contribution is 7.19. The van der Waals surface area contributed by atoms with Crippen LogP contribution >= 0.6 is 11.3 Å². The Morgan fingerprint density at radius 3 is 2.46 bits per heavy atom. The molecule has 0 saturated heterocycles. The van der Waals surface area contributed by atoms with E-state index >= 15 is 0 Å². The number of carbonyl (C=O) groups is 1. The first-order valence-corrected chi connectivity index (χ1v) is 9.06. The minimum atomic E-state index is -0.352. The van der Waals surface area contributed by atoms with Gasteiger partial charge >= 0.3 is 0 Å². The van der Waals surface area contributed by atoms with Gasteiger partial charge in [0.25, 0.3) is 5.91 Å². The number of benzene rings is 1. The summed E-state index contributed by atoms with van der Waals surface area (Å²) >= 11 is 1.28.